The highest BCUT2D eigenvalue weighted by Crippen LogP contribution is 2.13. The summed E-state index contributed by atoms with van der Waals surface area (Å²) >= 11 is 0. The molecule has 0 aliphatic heterocycles. The van der Waals surface area contributed by atoms with Gasteiger partial charge in [-0.25, -0.2) is 17.5 Å². The van der Waals surface area contributed by atoms with E-state index in [2.05, 4.69) is 4.72 Å². The zero-order chi connectivity index (χ0) is 19.7. The predicted molar refractivity (Wildman–Crippen MR) is 101 cm³/mol. The van der Waals surface area contributed by atoms with Gasteiger partial charge in [-0.2, -0.15) is 0 Å². The van der Waals surface area contributed by atoms with Crippen LogP contribution in [0.2, 0.25) is 0 Å². The fourth-order valence-electron chi connectivity index (χ4n) is 2.61. The molecule has 2 aromatic rings. The summed E-state index contributed by atoms with van der Waals surface area (Å²) < 4.78 is 45.2. The number of carbonyl (C=O) groups excluding carboxylic acids is 1. The smallest absolute Gasteiger partial charge is 0.305 e. The summed E-state index contributed by atoms with van der Waals surface area (Å²) in [6, 6.07) is 13.1. The molecule has 7 heteroatoms. The van der Waals surface area contributed by atoms with Crippen LogP contribution < -0.4 is 4.72 Å². The summed E-state index contributed by atoms with van der Waals surface area (Å²) in [6.07, 6.45) is 2.39. The first-order valence-corrected chi connectivity index (χ1v) is 10.4. The van der Waals surface area contributed by atoms with Crippen molar-refractivity contribution in [1.29, 1.82) is 0 Å². The third-order valence-corrected chi connectivity index (χ3v) is 5.50. The molecule has 0 heterocycles. The number of carbonyl (C=O) groups is 1. The molecule has 0 radical (unpaired) electrons. The summed E-state index contributed by atoms with van der Waals surface area (Å²) in [5.74, 6) is -0.951. The Morgan fingerprint density at radius 3 is 2.30 bits per heavy atom. The minimum Gasteiger partial charge on any atom is -0.466 e. The molecule has 0 spiro atoms. The van der Waals surface area contributed by atoms with E-state index in [1.807, 2.05) is 24.3 Å². The van der Waals surface area contributed by atoms with Gasteiger partial charge >= 0.3 is 5.97 Å². The Morgan fingerprint density at radius 1 is 1.04 bits per heavy atom. The second-order valence-corrected chi connectivity index (χ2v) is 7.79. The van der Waals surface area contributed by atoms with Crippen LogP contribution in [0.4, 0.5) is 4.39 Å². The van der Waals surface area contributed by atoms with Crippen molar-refractivity contribution in [3.05, 3.63) is 65.5 Å². The van der Waals surface area contributed by atoms with Crippen LogP contribution in [0.3, 0.4) is 0 Å². The van der Waals surface area contributed by atoms with Crippen molar-refractivity contribution < 1.29 is 22.3 Å². The second-order valence-electron chi connectivity index (χ2n) is 6.05. The Hall–Kier alpha value is -2.25. The van der Waals surface area contributed by atoms with Crippen molar-refractivity contribution in [2.24, 2.45) is 0 Å². The number of esters is 1. The SMILES string of the molecule is CCOC(=O)CCCc1ccc(CCNS(=O)(=O)c2ccccc2F)cc1. The van der Waals surface area contributed by atoms with Gasteiger partial charge in [-0.1, -0.05) is 36.4 Å². The highest BCUT2D eigenvalue weighted by Gasteiger charge is 2.17. The lowest BCUT2D eigenvalue weighted by atomic mass is 10.0. The normalized spacial score (nSPS) is 11.3. The van der Waals surface area contributed by atoms with Gasteiger partial charge in [0.25, 0.3) is 0 Å². The lowest BCUT2D eigenvalue weighted by molar-refractivity contribution is -0.143. The highest BCUT2D eigenvalue weighted by molar-refractivity contribution is 7.89. The molecule has 1 N–H and O–H groups in total. The van der Waals surface area contributed by atoms with Crippen LogP contribution in [0.15, 0.2) is 53.4 Å². The first-order valence-electron chi connectivity index (χ1n) is 8.90. The molecule has 0 atom stereocenters. The summed E-state index contributed by atoms with van der Waals surface area (Å²) in [5, 5.41) is 0. The quantitative estimate of drug-likeness (QED) is 0.629. The number of nitrogens with one attached hydrogen (secondary N) is 1. The van der Waals surface area contributed by atoms with Crippen molar-refractivity contribution in [2.45, 2.75) is 37.5 Å². The van der Waals surface area contributed by atoms with Gasteiger partial charge in [0, 0.05) is 13.0 Å². The van der Waals surface area contributed by atoms with E-state index in [4.69, 9.17) is 4.74 Å². The van der Waals surface area contributed by atoms with Crippen LogP contribution >= 0.6 is 0 Å². The molecule has 0 unspecified atom stereocenters. The fourth-order valence-corrected chi connectivity index (χ4v) is 3.72. The molecular weight excluding hydrogens is 369 g/mol. The minimum absolute atomic E-state index is 0.179. The summed E-state index contributed by atoms with van der Waals surface area (Å²) in [7, 11) is -3.86. The van der Waals surface area contributed by atoms with Crippen molar-refractivity contribution in [3.8, 4) is 0 Å². The van der Waals surface area contributed by atoms with Gasteiger partial charge < -0.3 is 4.74 Å². The number of halogens is 1. The van der Waals surface area contributed by atoms with Crippen molar-refractivity contribution in [1.82, 2.24) is 4.72 Å². The number of ether oxygens (including phenoxy) is 1. The average molecular weight is 393 g/mol. The molecule has 2 rings (SSSR count). The van der Waals surface area contributed by atoms with Crippen LogP contribution in [-0.4, -0.2) is 27.5 Å². The third kappa shape index (κ3) is 6.77. The van der Waals surface area contributed by atoms with E-state index in [-0.39, 0.29) is 17.4 Å². The van der Waals surface area contributed by atoms with E-state index in [0.29, 0.717) is 19.4 Å². The van der Waals surface area contributed by atoms with E-state index in [1.165, 1.54) is 18.2 Å². The fraction of sp³-hybridized carbons (Fsp3) is 0.350. The molecule has 0 aromatic heterocycles. The topological polar surface area (TPSA) is 72.5 Å². The van der Waals surface area contributed by atoms with E-state index in [9.17, 15) is 17.6 Å². The number of hydrogen-bond acceptors (Lipinski definition) is 4. The van der Waals surface area contributed by atoms with Gasteiger partial charge in [0.2, 0.25) is 10.0 Å². The molecule has 0 aliphatic rings. The highest BCUT2D eigenvalue weighted by atomic mass is 32.2. The van der Waals surface area contributed by atoms with Gasteiger partial charge in [0.1, 0.15) is 10.7 Å². The Bertz CT molecular complexity index is 851. The van der Waals surface area contributed by atoms with Gasteiger partial charge in [0.15, 0.2) is 0 Å². The molecule has 27 heavy (non-hydrogen) atoms. The lowest BCUT2D eigenvalue weighted by Gasteiger charge is -2.08. The Morgan fingerprint density at radius 2 is 1.67 bits per heavy atom. The third-order valence-electron chi connectivity index (χ3n) is 4.01. The van der Waals surface area contributed by atoms with E-state index in [1.54, 1.807) is 6.92 Å². The zero-order valence-electron chi connectivity index (χ0n) is 15.3. The standard InChI is InChI=1S/C20H24FNO4S/c1-2-26-20(23)9-5-6-16-10-12-17(13-11-16)14-15-22-27(24,25)19-8-4-3-7-18(19)21/h3-4,7-8,10-13,22H,2,5-6,9,14-15H2,1H3. The maximum absolute atomic E-state index is 13.6. The summed E-state index contributed by atoms with van der Waals surface area (Å²) in [4.78, 5) is 11.0. The number of sulfonamides is 1. The largest absolute Gasteiger partial charge is 0.466 e. The lowest BCUT2D eigenvalue weighted by Crippen LogP contribution is -2.26. The molecule has 5 nitrogen and oxygen atoms in total. The predicted octanol–water partition coefficient (Wildman–Crippen LogP) is 3.23. The molecule has 0 amide bonds. The number of hydrogen-bond donors (Lipinski definition) is 1. The van der Waals surface area contributed by atoms with Crippen molar-refractivity contribution in [3.63, 3.8) is 0 Å². The number of rotatable bonds is 10. The Balaban J connectivity index is 1.80. The number of aryl methyl sites for hydroxylation is 1. The molecule has 2 aromatic carbocycles. The zero-order valence-corrected chi connectivity index (χ0v) is 16.1. The monoisotopic (exact) mass is 393 g/mol. The molecule has 0 saturated heterocycles. The minimum atomic E-state index is -3.86. The maximum atomic E-state index is 13.6. The maximum Gasteiger partial charge on any atom is 0.305 e. The van der Waals surface area contributed by atoms with E-state index < -0.39 is 15.8 Å². The first kappa shape index (κ1) is 21.1. The molecule has 146 valence electrons. The van der Waals surface area contributed by atoms with E-state index in [0.717, 1.165) is 30.0 Å². The van der Waals surface area contributed by atoms with Gasteiger partial charge in [0.05, 0.1) is 6.61 Å². The van der Waals surface area contributed by atoms with E-state index >= 15 is 0 Å². The van der Waals surface area contributed by atoms with Gasteiger partial charge in [-0.15, -0.1) is 0 Å². The molecule has 0 fully saturated rings. The molecular formula is C20H24FNO4S. The van der Waals surface area contributed by atoms with Crippen LogP contribution in [-0.2, 0) is 32.4 Å². The first-order chi connectivity index (χ1) is 12.9. The van der Waals surface area contributed by atoms with Crippen LogP contribution in [0.1, 0.15) is 30.9 Å². The van der Waals surface area contributed by atoms with Gasteiger partial charge in [-0.05, 0) is 49.4 Å². The van der Waals surface area contributed by atoms with Crippen LogP contribution in [0, 0.1) is 5.82 Å². The van der Waals surface area contributed by atoms with Crippen molar-refractivity contribution >= 4 is 16.0 Å². The molecule has 0 bridgehead atoms. The summed E-state index contributed by atoms with van der Waals surface area (Å²) in [6.45, 7) is 2.36. The van der Waals surface area contributed by atoms with Gasteiger partial charge in [-0.3, -0.25) is 4.79 Å². The Kier molecular flexibility index (Phi) is 7.94. The van der Waals surface area contributed by atoms with Crippen LogP contribution in [0.25, 0.3) is 0 Å². The second kappa shape index (κ2) is 10.2. The molecule has 0 aliphatic carbocycles. The number of benzene rings is 2. The van der Waals surface area contributed by atoms with Crippen LogP contribution in [0.5, 0.6) is 0 Å². The van der Waals surface area contributed by atoms with Crippen molar-refractivity contribution in [2.75, 3.05) is 13.2 Å². The summed E-state index contributed by atoms with van der Waals surface area (Å²) in [5.41, 5.74) is 2.08. The molecule has 0 saturated carbocycles. The average Bonchev–Trinajstić information content (AvgIpc) is 2.63. The Labute approximate surface area is 159 Å².